The Bertz CT molecular complexity index is 1550. The van der Waals surface area contributed by atoms with Gasteiger partial charge in [0.05, 0.1) is 27.9 Å². The van der Waals surface area contributed by atoms with Crippen LogP contribution in [0.25, 0.3) is 0 Å². The summed E-state index contributed by atoms with van der Waals surface area (Å²) in [6.45, 7) is 6.41. The molecule has 210 valence electrons. The van der Waals surface area contributed by atoms with Gasteiger partial charge in [-0.15, -0.1) is 0 Å². The van der Waals surface area contributed by atoms with Crippen LogP contribution in [-0.4, -0.2) is 23.6 Å². The zero-order chi connectivity index (χ0) is 28.6. The molecule has 0 saturated carbocycles. The van der Waals surface area contributed by atoms with Crippen molar-refractivity contribution in [3.63, 3.8) is 0 Å². The van der Waals surface area contributed by atoms with Crippen molar-refractivity contribution in [3.8, 4) is 0 Å². The van der Waals surface area contributed by atoms with Crippen LogP contribution in [0.4, 0.5) is 5.69 Å². The van der Waals surface area contributed by atoms with E-state index in [0.717, 1.165) is 17.5 Å². The fourth-order valence-electron chi connectivity index (χ4n) is 4.48. The lowest BCUT2D eigenvalue weighted by atomic mass is 9.98. The molecule has 4 aromatic rings. The average Bonchev–Trinajstić information content (AvgIpc) is 3.40. The van der Waals surface area contributed by atoms with Gasteiger partial charge in [-0.1, -0.05) is 95.3 Å². The first-order valence-electron chi connectivity index (χ1n) is 13.5. The molecule has 1 N–H and O–H groups in total. The highest BCUT2D eigenvalue weighted by atomic mass is 16.2. The van der Waals surface area contributed by atoms with Crippen LogP contribution in [-0.2, 0) is 12.8 Å². The van der Waals surface area contributed by atoms with Crippen molar-refractivity contribution < 1.29 is 19.2 Å². The lowest BCUT2D eigenvalue weighted by Crippen LogP contribution is -2.29. The lowest BCUT2D eigenvalue weighted by Gasteiger charge is -2.13. The van der Waals surface area contributed by atoms with Gasteiger partial charge in [-0.25, -0.2) is 4.90 Å². The van der Waals surface area contributed by atoms with E-state index in [0.29, 0.717) is 34.4 Å². The molecule has 0 aromatic heterocycles. The molecule has 0 radical (unpaired) electrons. The van der Waals surface area contributed by atoms with Crippen LogP contribution < -0.4 is 10.2 Å². The average molecular weight is 549 g/mol. The van der Waals surface area contributed by atoms with Gasteiger partial charge in [-0.2, -0.15) is 0 Å². The molecule has 0 atom stereocenters. The van der Waals surface area contributed by atoms with E-state index in [1.807, 2.05) is 12.1 Å². The topological polar surface area (TPSA) is 83.6 Å². The molecule has 41 heavy (non-hydrogen) atoms. The maximum atomic E-state index is 12.9. The van der Waals surface area contributed by atoms with Gasteiger partial charge in [0.2, 0.25) is 0 Å². The van der Waals surface area contributed by atoms with Crippen LogP contribution in [0.5, 0.6) is 0 Å². The molecule has 0 fully saturated rings. The minimum absolute atomic E-state index is 0. The van der Waals surface area contributed by atoms with Crippen molar-refractivity contribution in [1.29, 1.82) is 0 Å². The number of carbonyl (C=O) groups excluding carboxylic acids is 4. The Kier molecular flexibility index (Phi) is 10.5. The molecule has 2 heterocycles. The van der Waals surface area contributed by atoms with E-state index in [1.54, 1.807) is 60.7 Å². The molecule has 6 heteroatoms. The third kappa shape index (κ3) is 6.84. The number of nitrogens with one attached hydrogen (secondary N) is 1. The Morgan fingerprint density at radius 1 is 0.561 bits per heavy atom. The van der Waals surface area contributed by atoms with Crippen molar-refractivity contribution in [2.75, 3.05) is 4.90 Å². The van der Waals surface area contributed by atoms with Crippen LogP contribution in [0.1, 0.15) is 92.7 Å². The number of anilines is 1. The summed E-state index contributed by atoms with van der Waals surface area (Å²) >= 11 is 0. The lowest BCUT2D eigenvalue weighted by molar-refractivity contribution is 0.0874. The number of imide groups is 2. The monoisotopic (exact) mass is 548 g/mol. The highest BCUT2D eigenvalue weighted by Gasteiger charge is 2.36. The Hall–Kier alpha value is -4.84. The van der Waals surface area contributed by atoms with E-state index in [2.05, 4.69) is 50.4 Å². The third-order valence-electron chi connectivity index (χ3n) is 6.42. The summed E-state index contributed by atoms with van der Waals surface area (Å²) in [6.07, 6.45) is 2.86. The van der Waals surface area contributed by atoms with Crippen LogP contribution in [0.15, 0.2) is 97.1 Å². The highest BCUT2D eigenvalue weighted by Crippen LogP contribution is 2.29. The van der Waals surface area contributed by atoms with Gasteiger partial charge in [0.1, 0.15) is 0 Å². The Morgan fingerprint density at radius 2 is 1.05 bits per heavy atom. The normalized spacial score (nSPS) is 12.7. The summed E-state index contributed by atoms with van der Waals surface area (Å²) in [5.41, 5.74) is 5.09. The zero-order valence-corrected chi connectivity index (χ0v) is 22.9. The van der Waals surface area contributed by atoms with Gasteiger partial charge in [-0.05, 0) is 65.9 Å². The van der Waals surface area contributed by atoms with Gasteiger partial charge in [0.25, 0.3) is 23.6 Å². The standard InChI is InChI=1S/C23H14N2O4.C8H10.C3H8.CH4/c26-20-16-8-6-13(11-18(16)21(27)24-20)10-14-7-9-17-19(12-14)23(29)25(22(17)28)15-4-2-1-3-5-15;1-2-8-6-4-3-5-7-8;1-3-2;/h1-9,11-12H,10H2,(H,24,26,27);3-7H,2H2,1H3;3H2,1-2H3;1H4. The quantitative estimate of drug-likeness (QED) is 0.272. The second kappa shape index (κ2) is 14.0. The van der Waals surface area contributed by atoms with E-state index in [4.69, 9.17) is 0 Å². The van der Waals surface area contributed by atoms with E-state index in [9.17, 15) is 19.2 Å². The Balaban J connectivity index is 0.000000327. The summed E-state index contributed by atoms with van der Waals surface area (Å²) in [7, 11) is 0. The predicted octanol–water partition coefficient (Wildman–Crippen LogP) is 7.26. The number of nitrogens with zero attached hydrogens (tertiary/aromatic N) is 1. The smallest absolute Gasteiger partial charge is 0.266 e. The number of carbonyl (C=O) groups is 4. The number of hydrogen-bond acceptors (Lipinski definition) is 4. The van der Waals surface area contributed by atoms with Crippen LogP contribution in [0, 0.1) is 0 Å². The highest BCUT2D eigenvalue weighted by molar-refractivity contribution is 6.34. The summed E-state index contributed by atoms with van der Waals surface area (Å²) in [5.74, 6) is -1.48. The molecule has 0 bridgehead atoms. The van der Waals surface area contributed by atoms with Crippen LogP contribution in [0.3, 0.4) is 0 Å². The Morgan fingerprint density at radius 3 is 1.61 bits per heavy atom. The number of fused-ring (bicyclic) bond motifs is 2. The molecule has 0 unspecified atom stereocenters. The molecule has 0 spiro atoms. The summed E-state index contributed by atoms with van der Waals surface area (Å²) in [5, 5.41) is 2.27. The first kappa shape index (κ1) is 30.7. The van der Waals surface area contributed by atoms with Crippen molar-refractivity contribution in [2.45, 2.75) is 47.5 Å². The van der Waals surface area contributed by atoms with E-state index in [1.165, 1.54) is 16.9 Å². The predicted molar refractivity (Wildman–Crippen MR) is 164 cm³/mol. The molecule has 0 aliphatic carbocycles. The molecular formula is C35H36N2O4. The van der Waals surface area contributed by atoms with Crippen molar-refractivity contribution >= 4 is 29.3 Å². The van der Waals surface area contributed by atoms with E-state index < -0.39 is 5.91 Å². The summed E-state index contributed by atoms with van der Waals surface area (Å²) < 4.78 is 0. The second-order valence-electron chi connectivity index (χ2n) is 9.55. The number of benzene rings is 4. The maximum Gasteiger partial charge on any atom is 0.266 e. The third-order valence-corrected chi connectivity index (χ3v) is 6.42. The number of para-hydroxylation sites is 1. The second-order valence-corrected chi connectivity index (χ2v) is 9.55. The molecule has 6 rings (SSSR count). The molecule has 6 nitrogen and oxygen atoms in total. The van der Waals surface area contributed by atoms with Crippen molar-refractivity contribution in [1.82, 2.24) is 5.32 Å². The summed E-state index contributed by atoms with van der Waals surface area (Å²) in [6, 6.07) is 29.6. The van der Waals surface area contributed by atoms with Crippen molar-refractivity contribution in [2.24, 2.45) is 0 Å². The Labute approximate surface area is 242 Å². The summed E-state index contributed by atoms with van der Waals surface area (Å²) in [4.78, 5) is 50.3. The van der Waals surface area contributed by atoms with Crippen LogP contribution >= 0.6 is 0 Å². The number of rotatable bonds is 4. The molecule has 4 amide bonds. The van der Waals surface area contributed by atoms with Gasteiger partial charge < -0.3 is 0 Å². The molecule has 2 aliphatic rings. The maximum absolute atomic E-state index is 12.9. The zero-order valence-electron chi connectivity index (χ0n) is 22.9. The van der Waals surface area contributed by atoms with Gasteiger partial charge in [-0.3, -0.25) is 24.5 Å². The van der Waals surface area contributed by atoms with E-state index in [-0.39, 0.29) is 25.1 Å². The van der Waals surface area contributed by atoms with Crippen molar-refractivity contribution in [3.05, 3.63) is 136 Å². The van der Waals surface area contributed by atoms with Gasteiger partial charge in [0, 0.05) is 0 Å². The fraction of sp³-hybridized carbons (Fsp3) is 0.200. The first-order valence-corrected chi connectivity index (χ1v) is 13.5. The first-order chi connectivity index (χ1) is 19.4. The fourth-order valence-corrected chi connectivity index (χ4v) is 4.48. The molecular weight excluding hydrogens is 512 g/mol. The number of amides is 4. The van der Waals surface area contributed by atoms with E-state index >= 15 is 0 Å². The SMILES string of the molecule is C.CCC.CCc1ccccc1.O=C1NC(=O)c2cc(Cc3ccc4c(c3)C(=O)N(c3ccccc3)C4=O)ccc21. The van der Waals surface area contributed by atoms with Gasteiger partial charge >= 0.3 is 0 Å². The minimum Gasteiger partial charge on any atom is -0.288 e. The number of aryl methyl sites for hydroxylation is 1. The van der Waals surface area contributed by atoms with Gasteiger partial charge in [0.15, 0.2) is 0 Å². The van der Waals surface area contributed by atoms with Crippen LogP contribution in [0.2, 0.25) is 0 Å². The molecule has 2 aliphatic heterocycles. The minimum atomic E-state index is -0.403. The molecule has 0 saturated heterocycles. The largest absolute Gasteiger partial charge is 0.288 e. The molecule has 4 aromatic carbocycles. The number of hydrogen-bond donors (Lipinski definition) is 1.